The minimum atomic E-state index is -0.162. The van der Waals surface area contributed by atoms with Gasteiger partial charge in [0.2, 0.25) is 0 Å². The van der Waals surface area contributed by atoms with Crippen LogP contribution in [-0.4, -0.2) is 26.4 Å². The number of ether oxygens (including phenoxy) is 4. The molecule has 1 aliphatic rings. The highest BCUT2D eigenvalue weighted by Gasteiger charge is 2.30. The molecule has 0 amide bonds. The average molecular weight is 881 g/mol. The first-order valence-electron chi connectivity index (χ1n) is 20.5. The zero-order chi connectivity index (χ0) is 44.2. The van der Waals surface area contributed by atoms with E-state index >= 15 is 0 Å². The molecule has 60 heavy (non-hydrogen) atoms. The van der Waals surface area contributed by atoms with Crippen molar-refractivity contribution >= 4 is 47.0 Å². The van der Waals surface area contributed by atoms with E-state index in [0.717, 1.165) is 62.2 Å². The SMILES string of the molecule is C=CCOc1c2cc(C(C)(C)C)cc1Sc1cc(C(C)(C)C)cc(c1OCC=C)Sc1cc(C(C)(C)C)cc(c1OCC=C)Sc1cc(C(C)(C)C)cc(c1OCC=C)S2. The van der Waals surface area contributed by atoms with Gasteiger partial charge < -0.3 is 18.9 Å². The zero-order valence-electron chi connectivity index (χ0n) is 37.9. The summed E-state index contributed by atoms with van der Waals surface area (Å²) >= 11 is 6.72. The minimum absolute atomic E-state index is 0.162. The van der Waals surface area contributed by atoms with E-state index in [1.54, 1.807) is 71.4 Å². The fourth-order valence-corrected chi connectivity index (χ4v) is 11.0. The Hall–Kier alpha value is -3.56. The molecule has 0 atom stereocenters. The maximum Gasteiger partial charge on any atom is 0.147 e. The van der Waals surface area contributed by atoms with Gasteiger partial charge in [0.1, 0.15) is 49.4 Å². The molecule has 0 aromatic heterocycles. The Balaban J connectivity index is 2.03. The third-order valence-corrected chi connectivity index (χ3v) is 14.0. The fraction of sp³-hybridized carbons (Fsp3) is 0.385. The molecule has 8 heteroatoms. The van der Waals surface area contributed by atoms with Gasteiger partial charge in [0.05, 0.1) is 39.2 Å². The van der Waals surface area contributed by atoms with Crippen LogP contribution >= 0.6 is 47.0 Å². The van der Waals surface area contributed by atoms with Gasteiger partial charge in [-0.05, 0) is 92.4 Å². The summed E-state index contributed by atoms with van der Waals surface area (Å²) in [4.78, 5) is 7.94. The summed E-state index contributed by atoms with van der Waals surface area (Å²) in [6, 6.07) is 18.3. The molecule has 4 aromatic rings. The van der Waals surface area contributed by atoms with Crippen molar-refractivity contribution in [2.45, 2.75) is 144 Å². The average Bonchev–Trinajstić information content (AvgIpc) is 3.14. The van der Waals surface area contributed by atoms with Crippen LogP contribution in [0.25, 0.3) is 0 Å². The predicted octanol–water partition coefficient (Wildman–Crippen LogP) is 16.1. The summed E-state index contributed by atoms with van der Waals surface area (Å²) in [7, 11) is 0. The van der Waals surface area contributed by atoms with Crippen LogP contribution in [0.1, 0.15) is 105 Å². The standard InChI is InChI=1S/C52H64O4S4/c1-17-21-53-45-37-25-33(49(5,6)7)26-38(45)58-40-28-35(51(11,12)13)30-42(47(40)55-23-19-3)60-44-32-36(52(14,15)16)31-43(48(44)56-24-20-4)59-41-29-34(50(8,9)10)27-39(57-37)46(41)54-22-18-2/h17-20,25-32H,1-4,21-24H2,5-16H3. The number of rotatable bonds is 12. The van der Waals surface area contributed by atoms with E-state index in [9.17, 15) is 0 Å². The highest BCUT2D eigenvalue weighted by Crippen LogP contribution is 2.56. The van der Waals surface area contributed by atoms with Gasteiger partial charge in [0, 0.05) is 0 Å². The van der Waals surface area contributed by atoms with Crippen LogP contribution in [0.3, 0.4) is 0 Å². The molecule has 0 unspecified atom stereocenters. The van der Waals surface area contributed by atoms with Crippen molar-refractivity contribution in [2.24, 2.45) is 0 Å². The van der Waals surface area contributed by atoms with Crippen molar-refractivity contribution in [3.63, 3.8) is 0 Å². The van der Waals surface area contributed by atoms with E-state index in [2.05, 4.69) is 158 Å². The van der Waals surface area contributed by atoms with Crippen molar-refractivity contribution in [3.8, 4) is 23.0 Å². The van der Waals surface area contributed by atoms with E-state index in [1.807, 2.05) is 0 Å². The van der Waals surface area contributed by atoms with E-state index in [0.29, 0.717) is 26.4 Å². The summed E-state index contributed by atoms with van der Waals surface area (Å²) < 4.78 is 26.9. The molecule has 320 valence electrons. The zero-order valence-corrected chi connectivity index (χ0v) is 41.1. The molecule has 1 heterocycles. The smallest absolute Gasteiger partial charge is 0.147 e. The first kappa shape index (κ1) is 47.5. The van der Waals surface area contributed by atoms with E-state index in [4.69, 9.17) is 18.9 Å². The third-order valence-electron chi connectivity index (χ3n) is 9.81. The Kier molecular flexibility index (Phi) is 15.2. The molecule has 1 aliphatic heterocycles. The summed E-state index contributed by atoms with van der Waals surface area (Å²) in [6.45, 7) is 44.6. The third kappa shape index (κ3) is 11.5. The van der Waals surface area contributed by atoms with Crippen LogP contribution in [-0.2, 0) is 21.7 Å². The van der Waals surface area contributed by atoms with Crippen LogP contribution in [0.2, 0.25) is 0 Å². The van der Waals surface area contributed by atoms with Gasteiger partial charge >= 0.3 is 0 Å². The van der Waals surface area contributed by atoms with Crippen LogP contribution in [0.4, 0.5) is 0 Å². The molecule has 0 spiro atoms. The monoisotopic (exact) mass is 880 g/mol. The first-order chi connectivity index (χ1) is 28.1. The molecule has 4 aromatic carbocycles. The topological polar surface area (TPSA) is 36.9 Å². The second-order valence-electron chi connectivity index (χ2n) is 19.0. The predicted molar refractivity (Wildman–Crippen MR) is 260 cm³/mol. The van der Waals surface area contributed by atoms with Crippen molar-refractivity contribution in [1.29, 1.82) is 0 Å². The summed E-state index contributed by atoms with van der Waals surface area (Å²) in [5.74, 6) is 3.17. The molecule has 0 saturated heterocycles. The molecule has 5 rings (SSSR count). The lowest BCUT2D eigenvalue weighted by Crippen LogP contribution is -2.14. The van der Waals surface area contributed by atoms with E-state index < -0.39 is 0 Å². The van der Waals surface area contributed by atoms with Crippen molar-refractivity contribution in [3.05, 3.63) is 121 Å². The van der Waals surface area contributed by atoms with Crippen LogP contribution in [0.5, 0.6) is 23.0 Å². The van der Waals surface area contributed by atoms with Gasteiger partial charge in [-0.1, -0.05) is 181 Å². The first-order valence-corrected chi connectivity index (χ1v) is 23.8. The maximum atomic E-state index is 6.73. The van der Waals surface area contributed by atoms with Gasteiger partial charge in [0.25, 0.3) is 0 Å². The van der Waals surface area contributed by atoms with E-state index in [1.165, 1.54) is 22.3 Å². The number of hydrogen-bond donors (Lipinski definition) is 0. The van der Waals surface area contributed by atoms with Crippen LogP contribution in [0, 0.1) is 0 Å². The molecule has 0 radical (unpaired) electrons. The fourth-order valence-electron chi connectivity index (χ4n) is 6.26. The summed E-state index contributed by atoms with van der Waals surface area (Å²) in [6.07, 6.45) is 7.22. The molecule has 0 aliphatic carbocycles. The summed E-state index contributed by atoms with van der Waals surface area (Å²) in [5.41, 5.74) is 4.12. The van der Waals surface area contributed by atoms with Gasteiger partial charge in [-0.2, -0.15) is 0 Å². The molecule has 4 nitrogen and oxygen atoms in total. The molecule has 0 fully saturated rings. The quantitative estimate of drug-likeness (QED) is 0.115. The molecule has 0 N–H and O–H groups in total. The highest BCUT2D eigenvalue weighted by atomic mass is 32.2. The lowest BCUT2D eigenvalue weighted by atomic mass is 9.87. The Morgan fingerprint density at radius 3 is 0.600 bits per heavy atom. The Labute approximate surface area is 378 Å². The van der Waals surface area contributed by atoms with Gasteiger partial charge in [-0.15, -0.1) is 0 Å². The largest absolute Gasteiger partial charge is 0.487 e. The minimum Gasteiger partial charge on any atom is -0.487 e. The van der Waals surface area contributed by atoms with E-state index in [-0.39, 0.29) is 21.7 Å². The number of fused-ring (bicyclic) bond motifs is 8. The van der Waals surface area contributed by atoms with Gasteiger partial charge in [0.15, 0.2) is 0 Å². The lowest BCUT2D eigenvalue weighted by molar-refractivity contribution is 0.341. The lowest BCUT2D eigenvalue weighted by Gasteiger charge is -2.28. The molecule has 8 bridgehead atoms. The van der Waals surface area contributed by atoms with Crippen LogP contribution < -0.4 is 18.9 Å². The molecular weight excluding hydrogens is 817 g/mol. The second kappa shape index (κ2) is 19.2. The van der Waals surface area contributed by atoms with Gasteiger partial charge in [-0.3, -0.25) is 0 Å². The molecule has 0 saturated carbocycles. The number of hydrogen-bond acceptors (Lipinski definition) is 8. The van der Waals surface area contributed by atoms with Crippen molar-refractivity contribution in [2.75, 3.05) is 26.4 Å². The normalized spacial score (nSPS) is 13.3. The Morgan fingerprint density at radius 2 is 0.483 bits per heavy atom. The van der Waals surface area contributed by atoms with Crippen molar-refractivity contribution < 1.29 is 18.9 Å². The van der Waals surface area contributed by atoms with Gasteiger partial charge in [-0.25, -0.2) is 0 Å². The highest BCUT2D eigenvalue weighted by molar-refractivity contribution is 8.01. The van der Waals surface area contributed by atoms with Crippen molar-refractivity contribution in [1.82, 2.24) is 0 Å². The number of benzene rings is 4. The Bertz CT molecular complexity index is 1830. The Morgan fingerprint density at radius 1 is 0.333 bits per heavy atom. The maximum absolute atomic E-state index is 6.73. The second-order valence-corrected chi connectivity index (χ2v) is 23.3. The van der Waals surface area contributed by atoms with Crippen LogP contribution in [0.15, 0.2) is 138 Å². The molecular formula is C52H64O4S4. The summed E-state index contributed by atoms with van der Waals surface area (Å²) in [5, 5.41) is 0.